The van der Waals surface area contributed by atoms with Crippen molar-refractivity contribution in [2.24, 2.45) is 0 Å². The Morgan fingerprint density at radius 1 is 0.444 bits per heavy atom. The van der Waals surface area contributed by atoms with E-state index in [1.807, 2.05) is 76.2 Å². The van der Waals surface area contributed by atoms with Gasteiger partial charge < -0.3 is 21.3 Å². The summed E-state index contributed by atoms with van der Waals surface area (Å²) in [5, 5.41) is 23.0. The maximum atomic E-state index is 4.81. The number of rotatable bonds is 11. The number of benzene rings is 4. The van der Waals surface area contributed by atoms with Crippen molar-refractivity contribution in [2.75, 3.05) is 21.3 Å². The number of hydrogen-bond donors (Lipinski definition) is 4. The Kier molecular flexibility index (Phi) is 10.2. The first-order chi connectivity index (χ1) is 25.9. The van der Waals surface area contributed by atoms with Crippen LogP contribution in [0.25, 0.3) is 5.95 Å². The molecule has 7 rings (SSSR count). The van der Waals surface area contributed by atoms with Crippen molar-refractivity contribution in [1.82, 2.24) is 44.7 Å². The molecule has 0 radical (unpaired) electrons. The molecule has 4 N–H and O–H groups in total. The number of nitrogens with one attached hydrogen (secondary N) is 4. The summed E-state index contributed by atoms with van der Waals surface area (Å²) in [6, 6.07) is 24.7. The minimum atomic E-state index is 0.299. The van der Waals surface area contributed by atoms with Gasteiger partial charge in [-0.15, -0.1) is 10.2 Å². The molecule has 14 heteroatoms. The van der Waals surface area contributed by atoms with Crippen molar-refractivity contribution >= 4 is 58.3 Å². The maximum absolute atomic E-state index is 4.81. The first-order valence-electron chi connectivity index (χ1n) is 17.4. The average molecular weight is 736 g/mol. The predicted octanol–water partition coefficient (Wildman–Crippen LogP) is 9.23. The number of anilines is 8. The van der Waals surface area contributed by atoms with Crippen LogP contribution in [0.2, 0.25) is 0 Å². The van der Waals surface area contributed by atoms with E-state index in [9.17, 15) is 0 Å². The molecule has 0 aliphatic rings. The zero-order valence-corrected chi connectivity index (χ0v) is 32.3. The quantitative estimate of drug-likeness (QED) is 0.0998. The van der Waals surface area contributed by atoms with E-state index in [4.69, 9.17) is 29.9 Å². The second-order valence-corrected chi connectivity index (χ2v) is 14.3. The summed E-state index contributed by atoms with van der Waals surface area (Å²) < 4.78 is 1.69. The fraction of sp³-hybridized carbons (Fsp3) is 0.200. The van der Waals surface area contributed by atoms with Gasteiger partial charge in [0.15, 0.2) is 0 Å². The summed E-state index contributed by atoms with van der Waals surface area (Å²) in [6.45, 7) is 16.4. The SMILES string of the molecule is Cc1ccc(Nc2nc(Nc3ccc(C)cc3C)nc(Sc3nncn3-c3nc(Nc4ccc(C)cc4C)nc(Nc4ccc(C)cc4C)n3)n2)c(C)c1. The highest BCUT2D eigenvalue weighted by molar-refractivity contribution is 7.99. The van der Waals surface area contributed by atoms with Gasteiger partial charge in [-0.2, -0.15) is 29.9 Å². The summed E-state index contributed by atoms with van der Waals surface area (Å²) >= 11 is 1.21. The largest absolute Gasteiger partial charge is 0.324 e. The molecule has 13 nitrogen and oxygen atoms in total. The summed E-state index contributed by atoms with van der Waals surface area (Å²) in [5.41, 5.74) is 12.5. The molecule has 0 amide bonds. The third-order valence-electron chi connectivity index (χ3n) is 8.67. The molecule has 7 aromatic rings. The summed E-state index contributed by atoms with van der Waals surface area (Å²) in [7, 11) is 0. The van der Waals surface area contributed by atoms with Crippen LogP contribution in [0.1, 0.15) is 44.5 Å². The van der Waals surface area contributed by atoms with Crippen LogP contribution >= 0.6 is 11.8 Å². The predicted molar refractivity (Wildman–Crippen MR) is 215 cm³/mol. The molecule has 0 spiro atoms. The standard InChI is InChI=1S/C40H41N13S/c1-22-9-13-30(26(5)17-22)42-34-46-35(43-31-14-10-23(2)18-27(31)6)49-38(48-34)53-21-41-52-40(53)54-39-50-36(44-32-15-11-24(3)19-28(32)7)47-37(51-39)45-33-16-12-25(4)20-29(33)8/h9-21H,1-8H3,(H2,42,43,46,48,49)(H2,44,45,47,50,51). The van der Waals surface area contributed by atoms with Crippen molar-refractivity contribution in [2.45, 2.75) is 65.7 Å². The van der Waals surface area contributed by atoms with Crippen molar-refractivity contribution < 1.29 is 0 Å². The highest BCUT2D eigenvalue weighted by Crippen LogP contribution is 2.30. The van der Waals surface area contributed by atoms with Crippen LogP contribution in [0, 0.1) is 55.4 Å². The monoisotopic (exact) mass is 735 g/mol. The summed E-state index contributed by atoms with van der Waals surface area (Å²) in [4.78, 5) is 28.7. The molecule has 0 aliphatic carbocycles. The van der Waals surface area contributed by atoms with E-state index < -0.39 is 0 Å². The van der Waals surface area contributed by atoms with Crippen LogP contribution in [-0.4, -0.2) is 44.7 Å². The fourth-order valence-corrected chi connectivity index (χ4v) is 6.65. The Hall–Kier alpha value is -6.41. The van der Waals surface area contributed by atoms with Crippen LogP contribution in [0.4, 0.5) is 46.5 Å². The lowest BCUT2D eigenvalue weighted by molar-refractivity contribution is 0.809. The number of aryl methyl sites for hydroxylation is 8. The van der Waals surface area contributed by atoms with E-state index in [1.54, 1.807) is 10.9 Å². The minimum absolute atomic E-state index is 0.299. The Morgan fingerprint density at radius 2 is 0.796 bits per heavy atom. The van der Waals surface area contributed by atoms with Crippen LogP contribution < -0.4 is 21.3 Å². The van der Waals surface area contributed by atoms with E-state index in [-0.39, 0.29) is 0 Å². The first kappa shape index (κ1) is 36.0. The smallest absolute Gasteiger partial charge is 0.243 e. The van der Waals surface area contributed by atoms with Crippen molar-refractivity contribution in [3.05, 3.63) is 124 Å². The fourth-order valence-electron chi connectivity index (χ4n) is 5.91. The molecule has 4 aromatic carbocycles. The van der Waals surface area contributed by atoms with E-state index >= 15 is 0 Å². The third kappa shape index (κ3) is 8.45. The normalized spacial score (nSPS) is 11.0. The van der Waals surface area contributed by atoms with E-state index in [0.29, 0.717) is 40.1 Å². The average Bonchev–Trinajstić information content (AvgIpc) is 3.58. The molecular formula is C40H41N13S. The van der Waals surface area contributed by atoms with Gasteiger partial charge in [-0.3, -0.25) is 0 Å². The van der Waals surface area contributed by atoms with Gasteiger partial charge in [-0.05, 0) is 114 Å². The van der Waals surface area contributed by atoms with Crippen molar-refractivity contribution in [3.63, 3.8) is 0 Å². The van der Waals surface area contributed by atoms with Gasteiger partial charge in [-0.1, -0.05) is 70.8 Å². The van der Waals surface area contributed by atoms with Gasteiger partial charge in [0.05, 0.1) is 0 Å². The second-order valence-electron chi connectivity index (χ2n) is 13.4. The molecule has 0 saturated heterocycles. The summed E-state index contributed by atoms with van der Waals surface area (Å²) in [6.07, 6.45) is 1.56. The van der Waals surface area contributed by atoms with Crippen molar-refractivity contribution in [3.8, 4) is 5.95 Å². The Labute approximate surface area is 318 Å². The molecule has 0 bridgehead atoms. The molecular weight excluding hydrogens is 695 g/mol. The van der Waals surface area contributed by atoms with E-state index in [1.165, 1.54) is 22.9 Å². The zero-order chi connectivity index (χ0) is 37.9. The lowest BCUT2D eigenvalue weighted by Crippen LogP contribution is -2.11. The Morgan fingerprint density at radius 3 is 1.15 bits per heavy atom. The Balaban J connectivity index is 1.26. The number of nitrogens with zero attached hydrogens (tertiary/aromatic N) is 9. The number of hydrogen-bond acceptors (Lipinski definition) is 13. The highest BCUT2D eigenvalue weighted by Gasteiger charge is 2.19. The van der Waals surface area contributed by atoms with Crippen LogP contribution in [-0.2, 0) is 0 Å². The molecule has 54 heavy (non-hydrogen) atoms. The van der Waals surface area contributed by atoms with E-state index in [2.05, 4.69) is 83.4 Å². The molecule has 0 fully saturated rings. The van der Waals surface area contributed by atoms with Gasteiger partial charge in [0.25, 0.3) is 0 Å². The maximum Gasteiger partial charge on any atom is 0.243 e. The van der Waals surface area contributed by atoms with E-state index in [0.717, 1.165) is 56.1 Å². The molecule has 3 heterocycles. The molecule has 0 atom stereocenters. The van der Waals surface area contributed by atoms with Crippen LogP contribution in [0.5, 0.6) is 0 Å². The van der Waals surface area contributed by atoms with Gasteiger partial charge in [0.1, 0.15) is 6.33 Å². The Bertz CT molecular complexity index is 2350. The topological polar surface area (TPSA) is 156 Å². The summed E-state index contributed by atoms with van der Waals surface area (Å²) in [5.74, 6) is 1.75. The molecule has 3 aromatic heterocycles. The minimum Gasteiger partial charge on any atom is -0.324 e. The van der Waals surface area contributed by atoms with Gasteiger partial charge in [0, 0.05) is 22.7 Å². The van der Waals surface area contributed by atoms with Crippen LogP contribution in [0.3, 0.4) is 0 Å². The van der Waals surface area contributed by atoms with Gasteiger partial charge in [-0.25, -0.2) is 4.57 Å². The number of aromatic nitrogens is 9. The molecule has 0 saturated carbocycles. The highest BCUT2D eigenvalue weighted by atomic mass is 32.2. The van der Waals surface area contributed by atoms with Gasteiger partial charge in [0.2, 0.25) is 40.1 Å². The second kappa shape index (κ2) is 15.3. The first-order valence-corrected chi connectivity index (χ1v) is 18.2. The molecule has 0 unspecified atom stereocenters. The zero-order valence-electron chi connectivity index (χ0n) is 31.4. The lowest BCUT2D eigenvalue weighted by atomic mass is 10.1. The van der Waals surface area contributed by atoms with Gasteiger partial charge >= 0.3 is 0 Å². The molecule has 272 valence electrons. The molecule has 0 aliphatic heterocycles. The van der Waals surface area contributed by atoms with Crippen LogP contribution in [0.15, 0.2) is 89.4 Å². The third-order valence-corrected chi connectivity index (χ3v) is 9.49. The lowest BCUT2D eigenvalue weighted by Gasteiger charge is -2.14. The van der Waals surface area contributed by atoms with Crippen molar-refractivity contribution in [1.29, 1.82) is 0 Å².